The molecule has 0 atom stereocenters. The number of fused-ring (bicyclic) bond motifs is 1. The maximum Gasteiger partial charge on any atom is 0.387 e. The van der Waals surface area contributed by atoms with Gasteiger partial charge >= 0.3 is 6.61 Å². The maximum atomic E-state index is 13.3. The van der Waals surface area contributed by atoms with Crippen molar-refractivity contribution >= 4 is 21.6 Å². The van der Waals surface area contributed by atoms with E-state index in [9.17, 15) is 18.0 Å². The quantitative estimate of drug-likeness (QED) is 0.434. The van der Waals surface area contributed by atoms with E-state index in [0.29, 0.717) is 21.3 Å². The minimum Gasteiger partial charge on any atom is -0.493 e. The number of ether oxygens (including phenoxy) is 2. The summed E-state index contributed by atoms with van der Waals surface area (Å²) in [6.45, 7) is -2.81. The molecule has 4 aromatic rings. The Bertz CT molecular complexity index is 1250. The van der Waals surface area contributed by atoms with Gasteiger partial charge in [0, 0.05) is 10.9 Å². The van der Waals surface area contributed by atoms with Crippen molar-refractivity contribution in [3.63, 3.8) is 0 Å². The Morgan fingerprint density at radius 1 is 1.13 bits per heavy atom. The molecule has 0 saturated carbocycles. The van der Waals surface area contributed by atoms with Crippen molar-refractivity contribution in [1.82, 2.24) is 9.55 Å². The number of rotatable bonds is 6. The molecular weight excluding hydrogens is 417 g/mol. The van der Waals surface area contributed by atoms with Gasteiger partial charge in [0.25, 0.3) is 5.56 Å². The van der Waals surface area contributed by atoms with Crippen LogP contribution in [0.15, 0.2) is 59.0 Å². The van der Waals surface area contributed by atoms with Gasteiger partial charge in [-0.15, -0.1) is 11.3 Å². The molecule has 0 aliphatic carbocycles. The monoisotopic (exact) mass is 432 g/mol. The first-order chi connectivity index (χ1) is 14.5. The van der Waals surface area contributed by atoms with Crippen LogP contribution in [0, 0.1) is 5.82 Å². The van der Waals surface area contributed by atoms with Crippen LogP contribution in [-0.4, -0.2) is 23.3 Å². The van der Waals surface area contributed by atoms with Crippen molar-refractivity contribution in [1.29, 1.82) is 0 Å². The van der Waals surface area contributed by atoms with Crippen molar-refractivity contribution < 1.29 is 22.6 Å². The molecule has 0 saturated heterocycles. The Kier molecular flexibility index (Phi) is 5.45. The summed E-state index contributed by atoms with van der Waals surface area (Å²) in [6, 6.07) is 10.4. The Morgan fingerprint density at radius 2 is 1.90 bits per heavy atom. The molecule has 0 aliphatic rings. The molecule has 0 bridgehead atoms. The van der Waals surface area contributed by atoms with Gasteiger partial charge in [0.05, 0.1) is 25.4 Å². The van der Waals surface area contributed by atoms with Gasteiger partial charge in [0.15, 0.2) is 11.5 Å². The average molecular weight is 432 g/mol. The number of hydrogen-bond acceptors (Lipinski definition) is 5. The van der Waals surface area contributed by atoms with E-state index in [-0.39, 0.29) is 29.4 Å². The highest BCUT2D eigenvalue weighted by molar-refractivity contribution is 7.17. The van der Waals surface area contributed by atoms with Gasteiger partial charge in [-0.1, -0.05) is 18.2 Å². The lowest BCUT2D eigenvalue weighted by Crippen LogP contribution is -2.21. The van der Waals surface area contributed by atoms with Crippen LogP contribution < -0.4 is 15.0 Å². The molecule has 0 N–H and O–H groups in total. The summed E-state index contributed by atoms with van der Waals surface area (Å²) in [4.78, 5) is 18.1. The van der Waals surface area contributed by atoms with Crippen molar-refractivity contribution in [2.75, 3.05) is 7.11 Å². The van der Waals surface area contributed by atoms with Crippen molar-refractivity contribution in [3.05, 3.63) is 75.9 Å². The van der Waals surface area contributed by atoms with E-state index in [0.717, 1.165) is 5.56 Å². The van der Waals surface area contributed by atoms with E-state index in [2.05, 4.69) is 9.72 Å². The summed E-state index contributed by atoms with van der Waals surface area (Å²) in [7, 11) is 1.34. The zero-order valence-electron chi connectivity index (χ0n) is 15.6. The van der Waals surface area contributed by atoms with Crippen molar-refractivity contribution in [3.8, 4) is 22.6 Å². The zero-order valence-corrected chi connectivity index (χ0v) is 16.5. The van der Waals surface area contributed by atoms with E-state index < -0.39 is 6.61 Å². The van der Waals surface area contributed by atoms with Crippen molar-refractivity contribution in [2.45, 2.75) is 13.2 Å². The van der Waals surface area contributed by atoms with Gasteiger partial charge in [0.2, 0.25) is 0 Å². The largest absolute Gasteiger partial charge is 0.493 e. The van der Waals surface area contributed by atoms with Gasteiger partial charge in [-0.25, -0.2) is 9.37 Å². The summed E-state index contributed by atoms with van der Waals surface area (Å²) in [5, 5.41) is 2.26. The van der Waals surface area contributed by atoms with Crippen LogP contribution in [0.4, 0.5) is 13.2 Å². The Morgan fingerprint density at radius 3 is 2.60 bits per heavy atom. The van der Waals surface area contributed by atoms with Crippen LogP contribution in [0.1, 0.15) is 5.56 Å². The Labute approximate surface area is 172 Å². The van der Waals surface area contributed by atoms with Crippen LogP contribution in [0.5, 0.6) is 11.5 Å². The van der Waals surface area contributed by atoms with Gasteiger partial charge in [0.1, 0.15) is 10.6 Å². The van der Waals surface area contributed by atoms with Crippen LogP contribution in [-0.2, 0) is 6.54 Å². The predicted octanol–water partition coefficient (Wildman–Crippen LogP) is 4.92. The second kappa shape index (κ2) is 8.19. The number of thiophene rings is 1. The smallest absolute Gasteiger partial charge is 0.387 e. The van der Waals surface area contributed by atoms with E-state index in [4.69, 9.17) is 4.74 Å². The fraction of sp³-hybridized carbons (Fsp3) is 0.143. The summed E-state index contributed by atoms with van der Waals surface area (Å²) < 4.78 is 49.2. The third-order valence-electron chi connectivity index (χ3n) is 4.51. The Hall–Kier alpha value is -3.33. The van der Waals surface area contributed by atoms with E-state index in [1.54, 1.807) is 18.2 Å². The molecule has 2 aromatic carbocycles. The summed E-state index contributed by atoms with van der Waals surface area (Å²) in [6.07, 6.45) is 1.44. The lowest BCUT2D eigenvalue weighted by atomic mass is 10.1. The normalized spacial score (nSPS) is 11.2. The molecule has 0 radical (unpaired) electrons. The number of alkyl halides is 2. The van der Waals surface area contributed by atoms with Crippen LogP contribution in [0.2, 0.25) is 0 Å². The Balaban J connectivity index is 1.72. The van der Waals surface area contributed by atoms with E-state index >= 15 is 0 Å². The molecule has 0 unspecified atom stereocenters. The third kappa shape index (κ3) is 3.88. The molecule has 5 nitrogen and oxygen atoms in total. The third-order valence-corrected chi connectivity index (χ3v) is 5.40. The van der Waals surface area contributed by atoms with E-state index in [1.807, 2.05) is 5.38 Å². The van der Waals surface area contributed by atoms with Crippen molar-refractivity contribution in [2.24, 2.45) is 0 Å². The average Bonchev–Trinajstić information content (AvgIpc) is 3.16. The molecule has 0 fully saturated rings. The lowest BCUT2D eigenvalue weighted by molar-refractivity contribution is -0.0512. The highest BCUT2D eigenvalue weighted by Gasteiger charge is 2.15. The molecule has 154 valence electrons. The molecule has 9 heteroatoms. The fourth-order valence-electron chi connectivity index (χ4n) is 3.12. The van der Waals surface area contributed by atoms with Gasteiger partial charge in [-0.2, -0.15) is 8.78 Å². The highest BCUT2D eigenvalue weighted by Crippen LogP contribution is 2.32. The van der Waals surface area contributed by atoms with Crippen LogP contribution >= 0.6 is 11.3 Å². The first-order valence-electron chi connectivity index (χ1n) is 8.80. The predicted molar refractivity (Wildman–Crippen MR) is 108 cm³/mol. The SMILES string of the molecule is COc1cc(Cn2cnc3scc(-c4ccc(F)cc4)c3c2=O)ccc1OC(F)F. The topological polar surface area (TPSA) is 53.4 Å². The van der Waals surface area contributed by atoms with Gasteiger partial charge in [-0.3, -0.25) is 9.36 Å². The number of aromatic nitrogens is 2. The second-order valence-corrected chi connectivity index (χ2v) is 7.24. The molecule has 0 amide bonds. The number of halogens is 3. The molecule has 4 rings (SSSR count). The first kappa shape index (κ1) is 20.0. The fourth-order valence-corrected chi connectivity index (χ4v) is 4.03. The number of nitrogens with zero attached hydrogens (tertiary/aromatic N) is 2. The minimum atomic E-state index is -2.97. The number of benzene rings is 2. The summed E-state index contributed by atoms with van der Waals surface area (Å²) in [5.41, 5.74) is 1.79. The molecule has 2 heterocycles. The van der Waals surface area contributed by atoms with Crippen LogP contribution in [0.25, 0.3) is 21.3 Å². The maximum absolute atomic E-state index is 13.3. The molecule has 0 aliphatic heterocycles. The number of hydrogen-bond donors (Lipinski definition) is 0. The molecule has 2 aromatic heterocycles. The zero-order chi connectivity index (χ0) is 21.3. The van der Waals surface area contributed by atoms with Gasteiger partial charge < -0.3 is 9.47 Å². The molecule has 30 heavy (non-hydrogen) atoms. The van der Waals surface area contributed by atoms with Crippen LogP contribution in [0.3, 0.4) is 0 Å². The van der Waals surface area contributed by atoms with E-state index in [1.165, 1.54) is 53.6 Å². The number of methoxy groups -OCH3 is 1. The molecular formula is C21H15F3N2O3S. The summed E-state index contributed by atoms with van der Waals surface area (Å²) >= 11 is 1.33. The molecule has 0 spiro atoms. The lowest BCUT2D eigenvalue weighted by Gasteiger charge is -2.12. The highest BCUT2D eigenvalue weighted by atomic mass is 32.1. The standard InChI is InChI=1S/C21H15F3N2O3S/c1-28-17-8-12(2-7-16(17)29-21(23)24)9-26-11-25-19-18(20(26)27)15(10-30-19)13-3-5-14(22)6-4-13/h2-8,10-11,21H,9H2,1H3. The second-order valence-electron chi connectivity index (χ2n) is 6.38. The van der Waals surface area contributed by atoms with Gasteiger partial charge in [-0.05, 0) is 35.4 Å². The minimum absolute atomic E-state index is 0.0893. The first-order valence-corrected chi connectivity index (χ1v) is 9.68. The summed E-state index contributed by atoms with van der Waals surface area (Å²) in [5.74, 6) is -0.312.